The van der Waals surface area contributed by atoms with E-state index in [1.807, 2.05) is 69.2 Å². The molecule has 24 heavy (non-hydrogen) atoms. The minimum absolute atomic E-state index is 0.130. The van der Waals surface area contributed by atoms with Crippen molar-refractivity contribution in [2.45, 2.75) is 20.0 Å². The maximum absolute atomic E-state index is 12.1. The average Bonchev–Trinajstić information content (AvgIpc) is 2.54. The number of carbonyl (C=O) groups is 1. The highest BCUT2D eigenvalue weighted by atomic mass is 16.3. The number of nitrogens with zero attached hydrogens (tertiary/aromatic N) is 2. The summed E-state index contributed by atoms with van der Waals surface area (Å²) in [5.41, 5.74) is 3.39. The molecule has 1 heterocycles. The normalized spacial score (nSPS) is 11.7. The molecule has 0 fully saturated rings. The van der Waals surface area contributed by atoms with Gasteiger partial charge in [0, 0.05) is 26.3 Å². The third-order valence-corrected chi connectivity index (χ3v) is 3.60. The third-order valence-electron chi connectivity index (χ3n) is 3.60. The van der Waals surface area contributed by atoms with Crippen LogP contribution in [0.4, 0.5) is 16.3 Å². The number of urea groups is 1. The number of hydrogen-bond donors (Lipinski definition) is 3. The number of amides is 2. The second-order valence-electron chi connectivity index (χ2n) is 5.98. The summed E-state index contributed by atoms with van der Waals surface area (Å²) in [6.45, 7) is 4.01. The van der Waals surface area contributed by atoms with Gasteiger partial charge in [0.25, 0.3) is 0 Å². The number of aromatic nitrogens is 1. The van der Waals surface area contributed by atoms with Crippen LogP contribution in [0.2, 0.25) is 0 Å². The predicted molar refractivity (Wildman–Crippen MR) is 96.5 cm³/mol. The summed E-state index contributed by atoms with van der Waals surface area (Å²) in [7, 11) is 3.73. The molecule has 0 saturated heterocycles. The van der Waals surface area contributed by atoms with Gasteiger partial charge in [0.1, 0.15) is 0 Å². The minimum atomic E-state index is -0.749. The molecule has 128 valence electrons. The van der Waals surface area contributed by atoms with Crippen molar-refractivity contribution in [1.29, 1.82) is 0 Å². The Kier molecular flexibility index (Phi) is 5.76. The SMILES string of the molecule is Cc1ccc([C@H](O)CNC(=O)Nc2ccc(C)nc2N(C)C)cc1. The first-order chi connectivity index (χ1) is 11.4. The van der Waals surface area contributed by atoms with E-state index < -0.39 is 6.10 Å². The number of aryl methyl sites for hydroxylation is 2. The third kappa shape index (κ3) is 4.70. The van der Waals surface area contributed by atoms with Gasteiger partial charge in [0.2, 0.25) is 0 Å². The van der Waals surface area contributed by atoms with E-state index in [0.29, 0.717) is 11.5 Å². The van der Waals surface area contributed by atoms with E-state index in [-0.39, 0.29) is 12.6 Å². The van der Waals surface area contributed by atoms with Crippen molar-refractivity contribution >= 4 is 17.5 Å². The highest BCUT2D eigenvalue weighted by Gasteiger charge is 2.12. The van der Waals surface area contributed by atoms with Gasteiger partial charge in [0.05, 0.1) is 11.8 Å². The summed E-state index contributed by atoms with van der Waals surface area (Å²) < 4.78 is 0. The van der Waals surface area contributed by atoms with E-state index in [2.05, 4.69) is 15.6 Å². The lowest BCUT2D eigenvalue weighted by atomic mass is 10.1. The molecule has 0 aliphatic rings. The Morgan fingerprint density at radius 2 is 1.83 bits per heavy atom. The lowest BCUT2D eigenvalue weighted by Crippen LogP contribution is -2.33. The Hall–Kier alpha value is -2.60. The number of carbonyl (C=O) groups excluding carboxylic acids is 1. The number of aliphatic hydroxyl groups is 1. The van der Waals surface area contributed by atoms with E-state index >= 15 is 0 Å². The molecule has 6 nitrogen and oxygen atoms in total. The van der Waals surface area contributed by atoms with Gasteiger partial charge in [-0.3, -0.25) is 0 Å². The maximum Gasteiger partial charge on any atom is 0.319 e. The average molecular weight is 328 g/mol. The molecule has 2 amide bonds. The number of rotatable bonds is 5. The quantitative estimate of drug-likeness (QED) is 0.788. The molecule has 2 aromatic rings. The van der Waals surface area contributed by atoms with Crippen LogP contribution in [0.25, 0.3) is 0 Å². The Morgan fingerprint density at radius 1 is 1.17 bits per heavy atom. The Balaban J connectivity index is 1.95. The smallest absolute Gasteiger partial charge is 0.319 e. The molecule has 1 aromatic carbocycles. The van der Waals surface area contributed by atoms with Gasteiger partial charge in [-0.15, -0.1) is 0 Å². The first kappa shape index (κ1) is 17.7. The van der Waals surface area contributed by atoms with Crippen molar-refractivity contribution < 1.29 is 9.90 Å². The van der Waals surface area contributed by atoms with Crippen LogP contribution in [0.3, 0.4) is 0 Å². The first-order valence-corrected chi connectivity index (χ1v) is 7.81. The molecule has 0 bridgehead atoms. The Bertz CT molecular complexity index is 699. The molecule has 3 N–H and O–H groups in total. The van der Waals surface area contributed by atoms with Gasteiger partial charge < -0.3 is 20.6 Å². The number of hydrogen-bond acceptors (Lipinski definition) is 4. The van der Waals surface area contributed by atoms with Crippen LogP contribution in [0.1, 0.15) is 22.9 Å². The monoisotopic (exact) mass is 328 g/mol. The summed E-state index contributed by atoms with van der Waals surface area (Å²) in [6, 6.07) is 10.8. The van der Waals surface area contributed by atoms with Crippen LogP contribution in [-0.2, 0) is 0 Å². The molecule has 0 radical (unpaired) electrons. The van der Waals surface area contributed by atoms with E-state index in [9.17, 15) is 9.90 Å². The first-order valence-electron chi connectivity index (χ1n) is 7.81. The van der Waals surface area contributed by atoms with E-state index in [1.54, 1.807) is 0 Å². The fourth-order valence-corrected chi connectivity index (χ4v) is 2.24. The second-order valence-corrected chi connectivity index (χ2v) is 5.98. The molecule has 0 unspecified atom stereocenters. The summed E-state index contributed by atoms with van der Waals surface area (Å²) >= 11 is 0. The number of pyridine rings is 1. The zero-order valence-electron chi connectivity index (χ0n) is 14.5. The summed E-state index contributed by atoms with van der Waals surface area (Å²) in [5, 5.41) is 15.6. The Morgan fingerprint density at radius 3 is 2.46 bits per heavy atom. The van der Waals surface area contributed by atoms with Crippen molar-refractivity contribution in [3.63, 3.8) is 0 Å². The van der Waals surface area contributed by atoms with Gasteiger partial charge >= 0.3 is 6.03 Å². The van der Waals surface area contributed by atoms with E-state index in [0.717, 1.165) is 16.8 Å². The van der Waals surface area contributed by atoms with Crippen LogP contribution in [-0.4, -0.2) is 36.8 Å². The summed E-state index contributed by atoms with van der Waals surface area (Å²) in [5.74, 6) is 0.684. The largest absolute Gasteiger partial charge is 0.387 e. The topological polar surface area (TPSA) is 77.5 Å². The minimum Gasteiger partial charge on any atom is -0.387 e. The molecule has 0 spiro atoms. The van der Waals surface area contributed by atoms with Gasteiger partial charge in [-0.25, -0.2) is 9.78 Å². The second kappa shape index (κ2) is 7.79. The molecule has 2 rings (SSSR count). The van der Waals surface area contributed by atoms with E-state index in [4.69, 9.17) is 0 Å². The lowest BCUT2D eigenvalue weighted by molar-refractivity contribution is 0.175. The molecule has 0 saturated carbocycles. The fourth-order valence-electron chi connectivity index (χ4n) is 2.24. The Labute approximate surface area is 142 Å². The fraction of sp³-hybridized carbons (Fsp3) is 0.333. The number of aliphatic hydroxyl groups excluding tert-OH is 1. The van der Waals surface area contributed by atoms with Crippen molar-refractivity contribution in [3.8, 4) is 0 Å². The van der Waals surface area contributed by atoms with Crippen LogP contribution in [0.15, 0.2) is 36.4 Å². The van der Waals surface area contributed by atoms with Crippen molar-refractivity contribution in [2.75, 3.05) is 30.9 Å². The molecular weight excluding hydrogens is 304 g/mol. The van der Waals surface area contributed by atoms with E-state index in [1.165, 1.54) is 0 Å². The molecule has 0 aliphatic carbocycles. The van der Waals surface area contributed by atoms with Crippen LogP contribution < -0.4 is 15.5 Å². The van der Waals surface area contributed by atoms with Gasteiger partial charge in [-0.05, 0) is 31.5 Å². The summed E-state index contributed by atoms with van der Waals surface area (Å²) in [6.07, 6.45) is -0.749. The van der Waals surface area contributed by atoms with Crippen molar-refractivity contribution in [2.24, 2.45) is 0 Å². The standard InChI is InChI=1S/C18H24N4O2/c1-12-5-8-14(9-6-12)16(23)11-19-18(24)21-15-10-7-13(2)20-17(15)22(3)4/h5-10,16,23H,11H2,1-4H3,(H2,19,21,24)/t16-/m1/s1. The van der Waals surface area contributed by atoms with Gasteiger partial charge in [-0.1, -0.05) is 29.8 Å². The van der Waals surface area contributed by atoms with Gasteiger partial charge in [0.15, 0.2) is 5.82 Å². The van der Waals surface area contributed by atoms with Crippen LogP contribution in [0, 0.1) is 13.8 Å². The molecule has 1 atom stereocenters. The number of benzene rings is 1. The number of anilines is 2. The molecule has 0 aliphatic heterocycles. The van der Waals surface area contributed by atoms with Gasteiger partial charge in [-0.2, -0.15) is 0 Å². The van der Waals surface area contributed by atoms with Crippen molar-refractivity contribution in [3.05, 3.63) is 53.2 Å². The molecular formula is C18H24N4O2. The zero-order chi connectivity index (χ0) is 17.7. The van der Waals surface area contributed by atoms with Crippen molar-refractivity contribution in [1.82, 2.24) is 10.3 Å². The maximum atomic E-state index is 12.1. The lowest BCUT2D eigenvalue weighted by Gasteiger charge is -2.18. The van der Waals surface area contributed by atoms with Crippen LogP contribution in [0.5, 0.6) is 0 Å². The predicted octanol–water partition coefficient (Wildman–Crippen LogP) is 2.62. The van der Waals surface area contributed by atoms with Crippen LogP contribution >= 0.6 is 0 Å². The molecule has 1 aromatic heterocycles. The highest BCUT2D eigenvalue weighted by Crippen LogP contribution is 2.21. The zero-order valence-corrected chi connectivity index (χ0v) is 14.5. The number of nitrogens with one attached hydrogen (secondary N) is 2. The molecule has 6 heteroatoms. The highest BCUT2D eigenvalue weighted by molar-refractivity contribution is 5.92. The summed E-state index contributed by atoms with van der Waals surface area (Å²) in [4.78, 5) is 18.3.